The number of unbranched alkanes of at least 4 members (excludes halogenated alkanes) is 13. The van der Waals surface area contributed by atoms with E-state index in [-0.39, 0.29) is 46.0 Å². The van der Waals surface area contributed by atoms with Gasteiger partial charge in [-0.15, -0.1) is 5.11 Å². The predicted octanol–water partition coefficient (Wildman–Crippen LogP) is 12.5. The van der Waals surface area contributed by atoms with Gasteiger partial charge in [0.2, 0.25) is 0 Å². The summed E-state index contributed by atoms with van der Waals surface area (Å²) in [4.78, 5) is 11.8. The number of phenols is 2. The lowest BCUT2D eigenvalue weighted by molar-refractivity contribution is 0.0950. The highest BCUT2D eigenvalue weighted by atomic mass is 32.2. The zero-order valence-electron chi connectivity index (χ0n) is 37.5. The normalized spacial score (nSPS) is 12.0. The maximum Gasteiger partial charge on any atom is 0.296 e. The molecule has 0 atom stereocenters. The van der Waals surface area contributed by atoms with E-state index in [4.69, 9.17) is 15.2 Å². The Balaban J connectivity index is 1.01. The third-order valence-electron chi connectivity index (χ3n) is 11.4. The fraction of sp³-hybridized carbons (Fsp3) is 0.340. The summed E-state index contributed by atoms with van der Waals surface area (Å²) in [5.74, 6) is 0.124. The molecule has 0 saturated heterocycles. The van der Waals surface area contributed by atoms with E-state index < -0.39 is 41.5 Å². The molecule has 0 heterocycles. The fourth-order valence-corrected chi connectivity index (χ4v) is 9.02. The Morgan fingerprint density at radius 2 is 1.22 bits per heavy atom. The number of phenolic OH excluding ortho intramolecular Hbond substituents is 2. The molecule has 0 bridgehead atoms. The van der Waals surface area contributed by atoms with Crippen molar-refractivity contribution in [2.24, 2.45) is 10.2 Å². The van der Waals surface area contributed by atoms with Crippen LogP contribution in [0.4, 0.5) is 17.1 Å². The molecule has 17 heteroatoms. The Labute approximate surface area is 391 Å². The minimum Gasteiger partial charge on any atom is -0.506 e. The van der Waals surface area contributed by atoms with Gasteiger partial charge in [0.25, 0.3) is 26.1 Å². The number of carbonyl (C=O) groups is 1. The Kier molecular flexibility index (Phi) is 17.6. The molecular formula is C50H58N4O11S2. The number of hydrogen-bond acceptors (Lipinski definition) is 12. The molecule has 0 spiro atoms. The standard InChI is InChI=1S/C50H58N4O11S2/c1-2-3-4-5-6-7-8-9-10-11-12-13-14-17-28-52-50(57)42-32-44(40-18-15-16-19-41(40)48(42)55)64-33-34-20-24-37(25-21-34)65-38-26-22-36(23-27-38)53-54-47-45(67(61,62)63)30-35-29-39(66(58,59)60)31-43(51)46(35)49(47)56/h15-16,18-27,29-32,55-56H,2-14,17,28,33,51H2,1H3,(H,52,57)(H,58,59,60)(H,61,62,63). The third-order valence-corrected chi connectivity index (χ3v) is 13.1. The summed E-state index contributed by atoms with van der Waals surface area (Å²) in [6.45, 7) is 2.93. The number of benzene rings is 6. The number of ether oxygens (including phenoxy) is 2. The summed E-state index contributed by atoms with van der Waals surface area (Å²) in [7, 11) is -9.76. The first kappa shape index (κ1) is 50.1. The molecule has 6 aromatic rings. The summed E-state index contributed by atoms with van der Waals surface area (Å²) >= 11 is 0. The third kappa shape index (κ3) is 13.9. The minimum atomic E-state index is -5.02. The summed E-state index contributed by atoms with van der Waals surface area (Å²) in [5, 5.41) is 33.7. The van der Waals surface area contributed by atoms with Gasteiger partial charge in [-0.3, -0.25) is 13.9 Å². The number of nitrogens with one attached hydrogen (secondary N) is 1. The van der Waals surface area contributed by atoms with Crippen LogP contribution in [-0.4, -0.2) is 48.6 Å². The molecule has 15 nitrogen and oxygen atoms in total. The van der Waals surface area contributed by atoms with E-state index in [1.165, 1.54) is 82.8 Å². The number of anilines is 1. The van der Waals surface area contributed by atoms with Crippen LogP contribution in [0.5, 0.6) is 28.7 Å². The summed E-state index contributed by atoms with van der Waals surface area (Å²) in [6.07, 6.45) is 17.6. The van der Waals surface area contributed by atoms with Gasteiger partial charge in [0.05, 0.1) is 16.1 Å². The van der Waals surface area contributed by atoms with Gasteiger partial charge in [-0.05, 0) is 78.0 Å². The van der Waals surface area contributed by atoms with Crippen molar-refractivity contribution in [2.45, 2.75) is 113 Å². The van der Waals surface area contributed by atoms with Crippen molar-refractivity contribution < 1.29 is 50.4 Å². The molecule has 356 valence electrons. The second-order valence-corrected chi connectivity index (χ2v) is 19.3. The number of nitrogens with zero attached hydrogens (tertiary/aromatic N) is 2. The van der Waals surface area contributed by atoms with Gasteiger partial charge >= 0.3 is 0 Å². The Morgan fingerprint density at radius 1 is 0.657 bits per heavy atom. The van der Waals surface area contributed by atoms with Gasteiger partial charge in [-0.1, -0.05) is 127 Å². The first-order chi connectivity index (χ1) is 32.1. The molecule has 0 aliphatic heterocycles. The van der Waals surface area contributed by atoms with Crippen LogP contribution in [0, 0.1) is 0 Å². The molecule has 0 saturated carbocycles. The van der Waals surface area contributed by atoms with E-state index in [1.54, 1.807) is 42.5 Å². The lowest BCUT2D eigenvalue weighted by Gasteiger charge is -2.15. The molecule has 6 aromatic carbocycles. The van der Waals surface area contributed by atoms with E-state index in [1.807, 2.05) is 24.3 Å². The molecule has 0 aliphatic rings. The zero-order valence-corrected chi connectivity index (χ0v) is 39.1. The number of nitrogen functional groups attached to an aromatic ring is 1. The maximum absolute atomic E-state index is 13.3. The lowest BCUT2D eigenvalue weighted by atomic mass is 10.0. The number of nitrogens with two attached hydrogens (primary N) is 1. The van der Waals surface area contributed by atoms with E-state index >= 15 is 0 Å². The van der Waals surface area contributed by atoms with Crippen LogP contribution < -0.4 is 20.5 Å². The maximum atomic E-state index is 13.3. The number of rotatable bonds is 25. The average molecular weight is 955 g/mol. The zero-order chi connectivity index (χ0) is 48.0. The van der Waals surface area contributed by atoms with E-state index in [2.05, 4.69) is 22.5 Å². The Bertz CT molecular complexity index is 2910. The van der Waals surface area contributed by atoms with Crippen LogP contribution in [0.15, 0.2) is 117 Å². The molecular weight excluding hydrogens is 897 g/mol. The Morgan fingerprint density at radius 3 is 1.81 bits per heavy atom. The van der Waals surface area contributed by atoms with Crippen LogP contribution in [0.25, 0.3) is 21.5 Å². The van der Waals surface area contributed by atoms with Crippen LogP contribution in [-0.2, 0) is 26.8 Å². The average Bonchev–Trinajstić information content (AvgIpc) is 3.29. The molecule has 6 rings (SSSR count). The highest BCUT2D eigenvalue weighted by Crippen LogP contribution is 2.44. The number of hydrogen-bond donors (Lipinski definition) is 6. The number of aromatic hydroxyl groups is 2. The number of carbonyl (C=O) groups excluding carboxylic acids is 1. The van der Waals surface area contributed by atoms with Crippen molar-refractivity contribution in [1.29, 1.82) is 0 Å². The fourth-order valence-electron chi connectivity index (χ4n) is 7.81. The second-order valence-electron chi connectivity index (χ2n) is 16.5. The largest absolute Gasteiger partial charge is 0.506 e. The van der Waals surface area contributed by atoms with E-state index in [0.717, 1.165) is 43.0 Å². The lowest BCUT2D eigenvalue weighted by Crippen LogP contribution is -2.24. The van der Waals surface area contributed by atoms with Crippen LogP contribution in [0.2, 0.25) is 0 Å². The van der Waals surface area contributed by atoms with Gasteiger partial charge < -0.3 is 30.7 Å². The van der Waals surface area contributed by atoms with Crippen LogP contribution >= 0.6 is 0 Å². The first-order valence-electron chi connectivity index (χ1n) is 22.6. The molecule has 0 aliphatic carbocycles. The van der Waals surface area contributed by atoms with E-state index in [0.29, 0.717) is 34.6 Å². The van der Waals surface area contributed by atoms with Crippen molar-refractivity contribution >= 4 is 64.8 Å². The van der Waals surface area contributed by atoms with Gasteiger partial charge in [0, 0.05) is 28.4 Å². The van der Waals surface area contributed by atoms with Gasteiger partial charge in [-0.25, -0.2) is 0 Å². The first-order valence-corrected chi connectivity index (χ1v) is 25.5. The van der Waals surface area contributed by atoms with Crippen LogP contribution in [0.3, 0.4) is 0 Å². The minimum absolute atomic E-state index is 0.0960. The molecule has 0 radical (unpaired) electrons. The summed E-state index contributed by atoms with van der Waals surface area (Å²) < 4.78 is 79.5. The molecule has 1 amide bonds. The SMILES string of the molecule is CCCCCCCCCCCCCCCCNC(=O)c1cc(OCc2ccc(Oc3ccc(N=Nc4c(S(=O)(=O)O)cc5cc(S(=O)(=O)O)cc(N)c5c4O)cc3)cc2)c2ccccc2c1O. The molecule has 7 N–H and O–H groups in total. The van der Waals surface area contributed by atoms with Crippen LogP contribution in [0.1, 0.15) is 113 Å². The van der Waals surface area contributed by atoms with Crippen molar-refractivity contribution in [1.82, 2.24) is 5.32 Å². The van der Waals surface area contributed by atoms with Gasteiger partial charge in [0.15, 0.2) is 5.75 Å². The summed E-state index contributed by atoms with van der Waals surface area (Å²) in [5.41, 5.74) is 6.14. The van der Waals surface area contributed by atoms with Crippen molar-refractivity contribution in [3.05, 3.63) is 108 Å². The number of azo groups is 1. The smallest absolute Gasteiger partial charge is 0.296 e. The molecule has 0 unspecified atom stereocenters. The van der Waals surface area contributed by atoms with Crippen molar-refractivity contribution in [3.8, 4) is 28.7 Å². The van der Waals surface area contributed by atoms with E-state index in [9.17, 15) is 40.9 Å². The topological polar surface area (TPSA) is 247 Å². The number of amides is 1. The quantitative estimate of drug-likeness (QED) is 0.0136. The number of fused-ring (bicyclic) bond motifs is 2. The monoisotopic (exact) mass is 954 g/mol. The molecule has 67 heavy (non-hydrogen) atoms. The second kappa shape index (κ2) is 23.5. The van der Waals surface area contributed by atoms with Gasteiger partial charge in [-0.2, -0.15) is 21.9 Å². The predicted molar refractivity (Wildman–Crippen MR) is 259 cm³/mol. The highest BCUT2D eigenvalue weighted by molar-refractivity contribution is 7.86. The van der Waals surface area contributed by atoms with Gasteiger partial charge in [0.1, 0.15) is 40.2 Å². The molecule has 0 fully saturated rings. The highest BCUT2D eigenvalue weighted by Gasteiger charge is 2.25. The molecule has 0 aromatic heterocycles. The Hall–Kier alpha value is -6.27. The van der Waals surface area contributed by atoms with Crippen molar-refractivity contribution in [2.75, 3.05) is 12.3 Å². The summed E-state index contributed by atoms with van der Waals surface area (Å²) in [6, 6.07) is 24.7. The van der Waals surface area contributed by atoms with Crippen molar-refractivity contribution in [3.63, 3.8) is 0 Å².